The van der Waals surface area contributed by atoms with Crippen LogP contribution in [0.15, 0.2) is 63.1 Å². The minimum Gasteiger partial charge on any atom is -0.465 e. The van der Waals surface area contributed by atoms with Crippen LogP contribution in [-0.4, -0.2) is 77.9 Å². The summed E-state index contributed by atoms with van der Waals surface area (Å²) < 4.78 is 38.5. The topological polar surface area (TPSA) is 152 Å². The highest BCUT2D eigenvalue weighted by molar-refractivity contribution is 6.37. The molecule has 12 nitrogen and oxygen atoms in total. The molecular weight excluding hydrogens is 725 g/mol. The molecule has 0 spiro atoms. The Morgan fingerprint density at radius 1 is 0.827 bits per heavy atom. The van der Waals surface area contributed by atoms with E-state index < -0.39 is 52.6 Å². The fourth-order valence-corrected chi connectivity index (χ4v) is 6.85. The highest BCUT2D eigenvalue weighted by Gasteiger charge is 2.43. The Morgan fingerprint density at radius 3 is 1.85 bits per heavy atom. The fraction of sp³-hybridized carbons (Fsp3) is 0.417. The molecule has 0 fully saturated rings. The number of carbonyl (C=O) groups is 6. The Morgan fingerprint density at radius 2 is 1.33 bits per heavy atom. The van der Waals surface area contributed by atoms with E-state index in [9.17, 15) is 37.5 Å². The molecule has 0 bridgehead atoms. The second-order valence-electron chi connectivity index (χ2n) is 12.2. The van der Waals surface area contributed by atoms with Gasteiger partial charge in [0.05, 0.1) is 46.4 Å². The van der Waals surface area contributed by atoms with E-state index in [2.05, 4.69) is 10.3 Å². The zero-order chi connectivity index (χ0) is 37.7. The number of allylic oxidation sites excluding steroid dienone is 3. The lowest BCUT2D eigenvalue weighted by molar-refractivity contribution is -0.142. The van der Waals surface area contributed by atoms with Crippen molar-refractivity contribution in [3.05, 3.63) is 68.9 Å². The fourth-order valence-electron chi connectivity index (χ4n) is 6.39. The number of hydrogen-bond acceptors (Lipinski definition) is 10. The molecule has 1 aromatic rings. The van der Waals surface area contributed by atoms with E-state index in [0.29, 0.717) is 48.0 Å². The van der Waals surface area contributed by atoms with Crippen LogP contribution in [0.3, 0.4) is 0 Å². The van der Waals surface area contributed by atoms with Crippen LogP contribution < -0.4 is 10.2 Å². The molecule has 1 atom stereocenters. The number of carbonyl (C=O) groups excluding carboxylic acids is 6. The summed E-state index contributed by atoms with van der Waals surface area (Å²) in [6, 6.07) is 2.29. The standard InChI is InChI=1S/2C18H18ClFN2O4/c2*1-2-26-16(23)9-21-14-8-15(13(20)7-12(14)19)22-17(24)10-5-3-4-6-11(10)18(22)25/h7-8,21H,2-6,9H2,1H3;7-8,12H,2-6,9H2,1H3. The second kappa shape index (κ2) is 16.8. The van der Waals surface area contributed by atoms with Crippen LogP contribution in [0, 0.1) is 5.82 Å². The summed E-state index contributed by atoms with van der Waals surface area (Å²) >= 11 is 12.1. The number of rotatable bonds is 9. The van der Waals surface area contributed by atoms with E-state index in [4.69, 9.17) is 32.7 Å². The molecule has 16 heteroatoms. The maximum Gasteiger partial charge on any atom is 0.327 e. The van der Waals surface area contributed by atoms with Crippen LogP contribution >= 0.6 is 23.2 Å². The first-order valence-electron chi connectivity index (χ1n) is 16.9. The maximum absolute atomic E-state index is 14.5. The number of ether oxygens (including phenoxy) is 2. The molecule has 6 rings (SSSR count). The minimum absolute atomic E-state index is 0.0346. The van der Waals surface area contributed by atoms with Gasteiger partial charge in [0, 0.05) is 22.3 Å². The van der Waals surface area contributed by atoms with E-state index in [1.165, 1.54) is 12.1 Å². The van der Waals surface area contributed by atoms with Crippen LogP contribution in [0.1, 0.15) is 65.2 Å². The number of alkyl halides is 1. The van der Waals surface area contributed by atoms with Crippen molar-refractivity contribution in [1.82, 2.24) is 4.90 Å². The Balaban J connectivity index is 0.000000201. The molecule has 2 heterocycles. The first-order valence-corrected chi connectivity index (χ1v) is 17.7. The third kappa shape index (κ3) is 8.02. The van der Waals surface area contributed by atoms with Gasteiger partial charge in [0.2, 0.25) is 0 Å². The van der Waals surface area contributed by atoms with Crippen LogP contribution in [0.25, 0.3) is 0 Å². The van der Waals surface area contributed by atoms with Crippen molar-refractivity contribution in [3.8, 4) is 0 Å². The molecule has 1 unspecified atom stereocenters. The molecule has 5 aliphatic rings. The van der Waals surface area contributed by atoms with Gasteiger partial charge in [0.1, 0.15) is 24.7 Å². The van der Waals surface area contributed by atoms with Crippen molar-refractivity contribution < 1.29 is 47.0 Å². The van der Waals surface area contributed by atoms with Crippen molar-refractivity contribution >= 4 is 75.9 Å². The first kappa shape index (κ1) is 38.5. The van der Waals surface area contributed by atoms with Gasteiger partial charge in [0.25, 0.3) is 23.6 Å². The minimum atomic E-state index is -0.899. The first-order chi connectivity index (χ1) is 24.9. The Labute approximate surface area is 308 Å². The number of nitrogens with zero attached hydrogens (tertiary/aromatic N) is 3. The summed E-state index contributed by atoms with van der Waals surface area (Å²) in [6.45, 7) is 3.36. The molecule has 2 aliphatic heterocycles. The molecule has 52 heavy (non-hydrogen) atoms. The third-order valence-electron chi connectivity index (χ3n) is 8.83. The van der Waals surface area contributed by atoms with Crippen LogP contribution in [0.2, 0.25) is 5.02 Å². The smallest absolute Gasteiger partial charge is 0.327 e. The number of nitrogens with one attached hydrogen (secondary N) is 1. The van der Waals surface area contributed by atoms with Gasteiger partial charge >= 0.3 is 11.9 Å². The van der Waals surface area contributed by atoms with Gasteiger partial charge in [-0.1, -0.05) is 11.6 Å². The molecule has 1 N–H and O–H groups in total. The number of imide groups is 2. The lowest BCUT2D eigenvalue weighted by Crippen LogP contribution is -2.34. The van der Waals surface area contributed by atoms with Crippen molar-refractivity contribution in [1.29, 1.82) is 0 Å². The van der Waals surface area contributed by atoms with Gasteiger partial charge in [-0.15, -0.1) is 11.6 Å². The predicted octanol–water partition coefficient (Wildman–Crippen LogP) is 5.79. The number of hydrogen-bond donors (Lipinski definition) is 1. The second-order valence-corrected chi connectivity index (χ2v) is 13.0. The Hall–Kier alpha value is -4.69. The number of aliphatic imine (C=N–C) groups is 1. The van der Waals surface area contributed by atoms with Crippen molar-refractivity contribution in [2.75, 3.05) is 36.5 Å². The highest BCUT2D eigenvalue weighted by atomic mass is 35.5. The van der Waals surface area contributed by atoms with Crippen molar-refractivity contribution in [2.45, 2.75) is 70.6 Å². The summed E-state index contributed by atoms with van der Waals surface area (Å²) in [7, 11) is 0. The molecule has 4 amide bonds. The number of benzene rings is 1. The molecular formula is C36H36Cl2F2N4O8. The zero-order valence-corrected chi connectivity index (χ0v) is 30.0. The van der Waals surface area contributed by atoms with E-state index in [1.54, 1.807) is 13.8 Å². The van der Waals surface area contributed by atoms with Gasteiger partial charge in [-0.05, 0) is 89.5 Å². The number of esters is 2. The largest absolute Gasteiger partial charge is 0.465 e. The van der Waals surface area contributed by atoms with E-state index >= 15 is 0 Å². The number of anilines is 2. The lowest BCUT2D eigenvalue weighted by atomic mass is 9.93. The Kier molecular flexibility index (Phi) is 12.4. The van der Waals surface area contributed by atoms with Crippen molar-refractivity contribution in [2.24, 2.45) is 4.99 Å². The van der Waals surface area contributed by atoms with E-state index in [-0.39, 0.29) is 54.1 Å². The summed E-state index contributed by atoms with van der Waals surface area (Å²) in [6.07, 6.45) is 7.76. The van der Waals surface area contributed by atoms with Gasteiger partial charge in [-0.2, -0.15) is 0 Å². The molecule has 0 radical (unpaired) electrons. The zero-order valence-electron chi connectivity index (χ0n) is 28.5. The van der Waals surface area contributed by atoms with Gasteiger partial charge in [-0.3, -0.25) is 33.8 Å². The maximum atomic E-state index is 14.5. The summed E-state index contributed by atoms with van der Waals surface area (Å²) in [5.41, 5.74) is 1.94. The van der Waals surface area contributed by atoms with E-state index in [1.807, 2.05) is 0 Å². The number of amides is 4. The van der Waals surface area contributed by atoms with E-state index in [0.717, 1.165) is 47.6 Å². The molecule has 3 aliphatic carbocycles. The van der Waals surface area contributed by atoms with Gasteiger partial charge in [-0.25, -0.2) is 18.6 Å². The lowest BCUT2D eigenvalue weighted by Gasteiger charge is -2.22. The normalized spacial score (nSPS) is 20.7. The van der Waals surface area contributed by atoms with Crippen LogP contribution in [0.5, 0.6) is 0 Å². The molecule has 276 valence electrons. The van der Waals surface area contributed by atoms with Crippen molar-refractivity contribution in [3.63, 3.8) is 0 Å². The third-order valence-corrected chi connectivity index (χ3v) is 9.49. The monoisotopic (exact) mass is 760 g/mol. The predicted molar refractivity (Wildman–Crippen MR) is 188 cm³/mol. The summed E-state index contributed by atoms with van der Waals surface area (Å²) in [5, 5.41) is 1.88. The quantitative estimate of drug-likeness (QED) is 0.188. The summed E-state index contributed by atoms with van der Waals surface area (Å²) in [5.74, 6) is -4.53. The molecule has 0 saturated heterocycles. The average Bonchev–Trinajstić information content (AvgIpc) is 3.52. The van der Waals surface area contributed by atoms with Gasteiger partial charge in [0.15, 0.2) is 0 Å². The average molecular weight is 762 g/mol. The molecule has 0 saturated carbocycles. The molecule has 1 aromatic carbocycles. The van der Waals surface area contributed by atoms with Gasteiger partial charge < -0.3 is 14.8 Å². The number of halogens is 4. The summed E-state index contributed by atoms with van der Waals surface area (Å²) in [4.78, 5) is 79.1. The highest BCUT2D eigenvalue weighted by Crippen LogP contribution is 2.40. The van der Waals surface area contributed by atoms with Crippen LogP contribution in [0.4, 0.5) is 20.2 Å². The SMILES string of the molecule is CCOC(=O)CN=C1C=C(N2C(=O)C3=C(CCCC3)C2=O)C(F)=CC1Cl.CCOC(=O)CNc1cc(N2C(=O)C3=C(CCCC3)C2=O)c(F)cc1Cl. The van der Waals surface area contributed by atoms with Crippen LogP contribution in [-0.2, 0) is 38.2 Å². The molecule has 0 aromatic heterocycles. The Bertz CT molecular complexity index is 1830.